The Kier molecular flexibility index (Phi) is 4.04. The number of alkyl halides is 3. The van der Waals surface area contributed by atoms with Gasteiger partial charge in [0, 0.05) is 6.04 Å². The molecule has 1 aliphatic carbocycles. The molecule has 1 nitrogen and oxygen atoms in total. The molecule has 0 spiro atoms. The van der Waals surface area contributed by atoms with Crippen molar-refractivity contribution in [2.24, 2.45) is 11.7 Å². The van der Waals surface area contributed by atoms with Gasteiger partial charge in [-0.3, -0.25) is 0 Å². The lowest BCUT2D eigenvalue weighted by atomic mass is 10.0. The molecule has 2 N–H and O–H groups in total. The molecule has 96 valence electrons. The van der Waals surface area contributed by atoms with E-state index in [1.54, 1.807) is 0 Å². The van der Waals surface area contributed by atoms with Crippen LogP contribution in [0.1, 0.15) is 30.0 Å². The molecule has 0 saturated heterocycles. The summed E-state index contributed by atoms with van der Waals surface area (Å²) in [4.78, 5) is 0. The molecule has 1 atom stereocenters. The molecule has 0 amide bonds. The highest BCUT2D eigenvalue weighted by atomic mass is 35.5. The van der Waals surface area contributed by atoms with E-state index in [-0.39, 0.29) is 23.9 Å². The molecular weight excluding hydrogens is 258 g/mol. The van der Waals surface area contributed by atoms with Crippen molar-refractivity contribution in [3.8, 4) is 0 Å². The van der Waals surface area contributed by atoms with E-state index in [2.05, 4.69) is 0 Å². The SMILES string of the molecule is Cl.NC(c1cc(F)cc(C(F)(F)F)c1)C1CC1. The predicted octanol–water partition coefficient (Wildman–Crippen LogP) is 3.68. The number of hydrogen-bond acceptors (Lipinski definition) is 1. The summed E-state index contributed by atoms with van der Waals surface area (Å²) in [7, 11) is 0. The first-order valence-corrected chi connectivity index (χ1v) is 5.01. The summed E-state index contributed by atoms with van der Waals surface area (Å²) in [6.45, 7) is 0. The van der Waals surface area contributed by atoms with Crippen LogP contribution >= 0.6 is 12.4 Å². The molecule has 0 aromatic heterocycles. The van der Waals surface area contributed by atoms with Crippen LogP contribution in [0.4, 0.5) is 17.6 Å². The summed E-state index contributed by atoms with van der Waals surface area (Å²) < 4.78 is 50.3. The Morgan fingerprint density at radius 1 is 1.18 bits per heavy atom. The van der Waals surface area contributed by atoms with Crippen molar-refractivity contribution >= 4 is 12.4 Å². The summed E-state index contributed by atoms with van der Waals surface area (Å²) >= 11 is 0. The molecule has 1 unspecified atom stereocenters. The first kappa shape index (κ1) is 14.3. The van der Waals surface area contributed by atoms with Crippen molar-refractivity contribution < 1.29 is 17.6 Å². The summed E-state index contributed by atoms with van der Waals surface area (Å²) in [5.41, 5.74) is 5.01. The lowest BCUT2D eigenvalue weighted by molar-refractivity contribution is -0.137. The zero-order valence-electron chi connectivity index (χ0n) is 8.80. The number of benzene rings is 1. The standard InChI is InChI=1S/C11H11F4N.ClH/c12-9-4-7(10(16)6-1-2-6)3-8(5-9)11(13,14)15;/h3-6,10H,1-2,16H2;1H. The van der Waals surface area contributed by atoms with Crippen molar-refractivity contribution in [3.05, 3.63) is 35.1 Å². The largest absolute Gasteiger partial charge is 0.416 e. The minimum absolute atomic E-state index is 0. The Hall–Kier alpha value is -0.810. The lowest BCUT2D eigenvalue weighted by Crippen LogP contribution is -2.15. The Balaban J connectivity index is 0.00000144. The normalized spacial score (nSPS) is 17.5. The topological polar surface area (TPSA) is 26.0 Å². The van der Waals surface area contributed by atoms with Crippen molar-refractivity contribution in [3.63, 3.8) is 0 Å². The van der Waals surface area contributed by atoms with Gasteiger partial charge < -0.3 is 5.73 Å². The van der Waals surface area contributed by atoms with Crippen molar-refractivity contribution in [2.75, 3.05) is 0 Å². The first-order chi connectivity index (χ1) is 7.38. The second kappa shape index (κ2) is 4.82. The van der Waals surface area contributed by atoms with Crippen LogP contribution in [-0.4, -0.2) is 0 Å². The van der Waals surface area contributed by atoms with Crippen LogP contribution in [0.5, 0.6) is 0 Å². The molecule has 0 radical (unpaired) electrons. The summed E-state index contributed by atoms with van der Waals surface area (Å²) in [6.07, 6.45) is -2.72. The van der Waals surface area contributed by atoms with E-state index in [0.29, 0.717) is 6.07 Å². The number of rotatable bonds is 2. The van der Waals surface area contributed by atoms with Gasteiger partial charge in [-0.1, -0.05) is 0 Å². The van der Waals surface area contributed by atoms with Crippen LogP contribution in [0, 0.1) is 11.7 Å². The monoisotopic (exact) mass is 269 g/mol. The van der Waals surface area contributed by atoms with Crippen LogP contribution in [0.15, 0.2) is 18.2 Å². The van der Waals surface area contributed by atoms with Gasteiger partial charge in [-0.2, -0.15) is 13.2 Å². The molecule has 6 heteroatoms. The lowest BCUT2D eigenvalue weighted by Gasteiger charge is -2.14. The molecular formula is C11H12ClF4N. The zero-order valence-corrected chi connectivity index (χ0v) is 9.61. The van der Waals surface area contributed by atoms with Gasteiger partial charge in [-0.25, -0.2) is 4.39 Å². The maximum atomic E-state index is 13.0. The smallest absolute Gasteiger partial charge is 0.324 e. The maximum absolute atomic E-state index is 13.0. The Bertz CT molecular complexity index is 401. The number of hydrogen-bond donors (Lipinski definition) is 1. The molecule has 0 bridgehead atoms. The van der Waals surface area contributed by atoms with Gasteiger partial charge in [0.25, 0.3) is 0 Å². The van der Waals surface area contributed by atoms with Gasteiger partial charge in [0.1, 0.15) is 5.82 Å². The molecule has 2 rings (SSSR count). The van der Waals surface area contributed by atoms with Gasteiger partial charge in [0.05, 0.1) is 5.56 Å². The average molecular weight is 270 g/mol. The molecule has 1 fully saturated rings. The maximum Gasteiger partial charge on any atom is 0.416 e. The molecule has 1 aromatic rings. The van der Waals surface area contributed by atoms with E-state index >= 15 is 0 Å². The zero-order chi connectivity index (χ0) is 11.9. The average Bonchev–Trinajstić information content (AvgIpc) is 2.97. The predicted molar refractivity (Wildman–Crippen MR) is 58.3 cm³/mol. The van der Waals surface area contributed by atoms with E-state index in [1.807, 2.05) is 0 Å². The third kappa shape index (κ3) is 3.33. The van der Waals surface area contributed by atoms with E-state index < -0.39 is 23.6 Å². The molecule has 1 aliphatic rings. The van der Waals surface area contributed by atoms with Gasteiger partial charge in [0.15, 0.2) is 0 Å². The van der Waals surface area contributed by atoms with Crippen LogP contribution in [0.2, 0.25) is 0 Å². The van der Waals surface area contributed by atoms with E-state index in [0.717, 1.165) is 25.0 Å². The van der Waals surface area contributed by atoms with E-state index in [9.17, 15) is 17.6 Å². The van der Waals surface area contributed by atoms with Crippen molar-refractivity contribution in [1.29, 1.82) is 0 Å². The van der Waals surface area contributed by atoms with Crippen molar-refractivity contribution in [2.45, 2.75) is 25.1 Å². The Morgan fingerprint density at radius 3 is 2.24 bits per heavy atom. The van der Waals surface area contributed by atoms with Crippen LogP contribution < -0.4 is 5.73 Å². The van der Waals surface area contributed by atoms with Crippen LogP contribution in [-0.2, 0) is 6.18 Å². The summed E-state index contributed by atoms with van der Waals surface area (Å²) in [5, 5.41) is 0. The number of halogens is 5. The molecule has 1 aromatic carbocycles. The minimum Gasteiger partial charge on any atom is -0.324 e. The quantitative estimate of drug-likeness (QED) is 0.815. The van der Waals surface area contributed by atoms with Gasteiger partial charge in [-0.05, 0) is 42.5 Å². The third-order valence-corrected chi connectivity index (χ3v) is 2.76. The highest BCUT2D eigenvalue weighted by molar-refractivity contribution is 5.85. The first-order valence-electron chi connectivity index (χ1n) is 5.01. The fourth-order valence-electron chi connectivity index (χ4n) is 1.70. The molecule has 17 heavy (non-hydrogen) atoms. The second-order valence-electron chi connectivity index (χ2n) is 4.13. The second-order valence-corrected chi connectivity index (χ2v) is 4.13. The Morgan fingerprint density at radius 2 is 1.76 bits per heavy atom. The van der Waals surface area contributed by atoms with Crippen LogP contribution in [0.3, 0.4) is 0 Å². The summed E-state index contributed by atoms with van der Waals surface area (Å²) in [6, 6.07) is 2.02. The van der Waals surface area contributed by atoms with Crippen LogP contribution in [0.25, 0.3) is 0 Å². The minimum atomic E-state index is -4.53. The molecule has 1 saturated carbocycles. The Labute approximate surface area is 102 Å². The van der Waals surface area contributed by atoms with E-state index in [4.69, 9.17) is 5.73 Å². The summed E-state index contributed by atoms with van der Waals surface area (Å²) in [5.74, 6) is -0.691. The van der Waals surface area contributed by atoms with Crippen molar-refractivity contribution in [1.82, 2.24) is 0 Å². The molecule has 0 heterocycles. The fraction of sp³-hybridized carbons (Fsp3) is 0.455. The van der Waals surface area contributed by atoms with Gasteiger partial charge >= 0.3 is 6.18 Å². The highest BCUT2D eigenvalue weighted by Gasteiger charge is 2.34. The molecule has 0 aliphatic heterocycles. The van der Waals surface area contributed by atoms with Gasteiger partial charge in [-0.15, -0.1) is 12.4 Å². The highest BCUT2D eigenvalue weighted by Crippen LogP contribution is 2.40. The third-order valence-electron chi connectivity index (χ3n) is 2.76. The fourth-order valence-corrected chi connectivity index (χ4v) is 1.70. The number of nitrogens with two attached hydrogens (primary N) is 1. The van der Waals surface area contributed by atoms with Gasteiger partial charge in [0.2, 0.25) is 0 Å². The van der Waals surface area contributed by atoms with E-state index in [1.165, 1.54) is 0 Å².